The number of methoxy groups -OCH3 is 3. The molecule has 116 valence electrons. The highest BCUT2D eigenvalue weighted by atomic mass is 16.5. The van der Waals surface area contributed by atoms with E-state index in [1.165, 1.54) is 27.4 Å². The summed E-state index contributed by atoms with van der Waals surface area (Å²) in [5.41, 5.74) is 0.444. The van der Waals surface area contributed by atoms with Gasteiger partial charge in [-0.15, -0.1) is 0 Å². The first-order valence-corrected chi connectivity index (χ1v) is 6.60. The van der Waals surface area contributed by atoms with Gasteiger partial charge in [0.1, 0.15) is 5.82 Å². The summed E-state index contributed by atoms with van der Waals surface area (Å²) in [6.45, 7) is 0. The lowest BCUT2D eigenvalue weighted by Gasteiger charge is -2.13. The van der Waals surface area contributed by atoms with Crippen molar-refractivity contribution in [2.24, 2.45) is 7.05 Å². The van der Waals surface area contributed by atoms with E-state index in [-0.39, 0.29) is 5.78 Å². The number of ketones is 1. The first-order chi connectivity index (χ1) is 10.6. The van der Waals surface area contributed by atoms with Crippen LogP contribution in [0.2, 0.25) is 0 Å². The van der Waals surface area contributed by atoms with Crippen LogP contribution < -0.4 is 14.2 Å². The maximum atomic E-state index is 12.3. The molecular weight excluding hydrogens is 284 g/mol. The van der Waals surface area contributed by atoms with Crippen LogP contribution in [0.4, 0.5) is 0 Å². The van der Waals surface area contributed by atoms with E-state index < -0.39 is 0 Å². The molecule has 0 saturated heterocycles. The van der Waals surface area contributed by atoms with Gasteiger partial charge in [0, 0.05) is 25.0 Å². The number of benzene rings is 1. The second-order valence-corrected chi connectivity index (χ2v) is 4.51. The van der Waals surface area contributed by atoms with Gasteiger partial charge in [0.05, 0.1) is 21.3 Å². The molecule has 0 spiro atoms. The van der Waals surface area contributed by atoms with Crippen molar-refractivity contribution in [3.05, 3.63) is 42.0 Å². The summed E-state index contributed by atoms with van der Waals surface area (Å²) in [5, 5.41) is 0. The van der Waals surface area contributed by atoms with Crippen molar-refractivity contribution in [1.29, 1.82) is 0 Å². The zero-order valence-electron chi connectivity index (χ0n) is 13.0. The molecule has 0 unspecified atom stereocenters. The third-order valence-corrected chi connectivity index (χ3v) is 3.19. The van der Waals surface area contributed by atoms with E-state index in [0.717, 1.165) is 0 Å². The topological polar surface area (TPSA) is 62.6 Å². The number of aromatic nitrogens is 2. The van der Waals surface area contributed by atoms with Crippen molar-refractivity contribution < 1.29 is 19.0 Å². The van der Waals surface area contributed by atoms with Crippen molar-refractivity contribution >= 4 is 11.9 Å². The molecule has 1 aromatic carbocycles. The molecule has 6 heteroatoms. The highest BCUT2D eigenvalue weighted by Gasteiger charge is 2.15. The van der Waals surface area contributed by atoms with Gasteiger partial charge in [-0.2, -0.15) is 0 Å². The van der Waals surface area contributed by atoms with Crippen molar-refractivity contribution in [3.63, 3.8) is 0 Å². The number of ether oxygens (including phenoxy) is 3. The predicted molar refractivity (Wildman–Crippen MR) is 82.7 cm³/mol. The fraction of sp³-hybridized carbons (Fsp3) is 0.250. The molecule has 0 atom stereocenters. The smallest absolute Gasteiger partial charge is 0.203 e. The second kappa shape index (κ2) is 6.80. The van der Waals surface area contributed by atoms with E-state index in [9.17, 15) is 4.79 Å². The van der Waals surface area contributed by atoms with Crippen LogP contribution in [0.15, 0.2) is 30.6 Å². The van der Waals surface area contributed by atoms with Gasteiger partial charge < -0.3 is 18.8 Å². The number of hydrogen-bond donors (Lipinski definition) is 0. The Kier molecular flexibility index (Phi) is 4.83. The predicted octanol–water partition coefficient (Wildman–Crippen LogP) is 2.34. The minimum absolute atomic E-state index is 0.178. The first kappa shape index (κ1) is 15.6. The Morgan fingerprint density at radius 1 is 1.14 bits per heavy atom. The number of imidazole rings is 1. The number of rotatable bonds is 6. The van der Waals surface area contributed by atoms with Gasteiger partial charge in [-0.3, -0.25) is 4.79 Å². The second-order valence-electron chi connectivity index (χ2n) is 4.51. The SMILES string of the molecule is COc1cc(C(=O)/C=C/c2nccn2C)cc(OC)c1OC. The van der Waals surface area contributed by atoms with Crippen molar-refractivity contribution in [3.8, 4) is 17.2 Å². The molecule has 1 aromatic heterocycles. The Morgan fingerprint density at radius 2 is 1.77 bits per heavy atom. The van der Waals surface area contributed by atoms with Crippen LogP contribution in [-0.4, -0.2) is 36.7 Å². The summed E-state index contributed by atoms with van der Waals surface area (Å²) in [7, 11) is 6.39. The van der Waals surface area contributed by atoms with Crippen LogP contribution in [0.25, 0.3) is 6.08 Å². The number of allylic oxidation sites excluding steroid dienone is 1. The quantitative estimate of drug-likeness (QED) is 0.605. The minimum Gasteiger partial charge on any atom is -0.493 e. The van der Waals surface area contributed by atoms with Crippen LogP contribution in [0.1, 0.15) is 16.2 Å². The molecule has 2 aromatic rings. The molecule has 6 nitrogen and oxygen atoms in total. The van der Waals surface area contributed by atoms with Crippen LogP contribution in [0.3, 0.4) is 0 Å². The third kappa shape index (κ3) is 3.11. The van der Waals surface area contributed by atoms with Gasteiger partial charge in [-0.1, -0.05) is 0 Å². The number of aryl methyl sites for hydroxylation is 1. The van der Waals surface area contributed by atoms with Gasteiger partial charge in [-0.05, 0) is 24.3 Å². The maximum Gasteiger partial charge on any atom is 0.203 e. The first-order valence-electron chi connectivity index (χ1n) is 6.60. The lowest BCUT2D eigenvalue weighted by molar-refractivity contribution is 0.104. The molecule has 2 rings (SSSR count). The van der Waals surface area contributed by atoms with Gasteiger partial charge in [-0.25, -0.2) is 4.98 Å². The highest BCUT2D eigenvalue weighted by molar-refractivity contribution is 6.07. The van der Waals surface area contributed by atoms with E-state index >= 15 is 0 Å². The van der Waals surface area contributed by atoms with Gasteiger partial charge >= 0.3 is 0 Å². The van der Waals surface area contributed by atoms with E-state index in [1.807, 2.05) is 17.8 Å². The molecule has 0 saturated carbocycles. The maximum absolute atomic E-state index is 12.3. The highest BCUT2D eigenvalue weighted by Crippen LogP contribution is 2.38. The minimum atomic E-state index is -0.178. The lowest BCUT2D eigenvalue weighted by atomic mass is 10.1. The Bertz CT molecular complexity index is 679. The average Bonchev–Trinajstić information content (AvgIpc) is 2.96. The number of carbonyl (C=O) groups excluding carboxylic acids is 1. The van der Waals surface area contributed by atoms with Crippen LogP contribution in [-0.2, 0) is 7.05 Å². The molecule has 0 fully saturated rings. The molecular formula is C16H18N2O4. The average molecular weight is 302 g/mol. The molecule has 0 N–H and O–H groups in total. The number of carbonyl (C=O) groups is 1. The summed E-state index contributed by atoms with van der Waals surface area (Å²) in [6, 6.07) is 3.24. The molecule has 1 heterocycles. The molecule has 0 aliphatic heterocycles. The zero-order valence-corrected chi connectivity index (χ0v) is 13.0. The molecule has 22 heavy (non-hydrogen) atoms. The summed E-state index contributed by atoms with van der Waals surface area (Å²) >= 11 is 0. The van der Waals surface area contributed by atoms with Crippen molar-refractivity contribution in [1.82, 2.24) is 9.55 Å². The Morgan fingerprint density at radius 3 is 2.23 bits per heavy atom. The van der Waals surface area contributed by atoms with E-state index in [0.29, 0.717) is 28.6 Å². The molecule has 0 aliphatic carbocycles. The van der Waals surface area contributed by atoms with E-state index in [4.69, 9.17) is 14.2 Å². The van der Waals surface area contributed by atoms with Crippen molar-refractivity contribution in [2.45, 2.75) is 0 Å². The molecule has 0 bridgehead atoms. The van der Waals surface area contributed by atoms with Crippen LogP contribution in [0.5, 0.6) is 17.2 Å². The van der Waals surface area contributed by atoms with Gasteiger partial charge in [0.2, 0.25) is 5.75 Å². The van der Waals surface area contributed by atoms with Gasteiger partial charge in [0.25, 0.3) is 0 Å². The van der Waals surface area contributed by atoms with E-state index in [1.54, 1.807) is 24.4 Å². The summed E-state index contributed by atoms with van der Waals surface area (Å²) in [5.74, 6) is 1.85. The monoisotopic (exact) mass is 302 g/mol. The van der Waals surface area contributed by atoms with Gasteiger partial charge in [0.15, 0.2) is 17.3 Å². The Hall–Kier alpha value is -2.76. The lowest BCUT2D eigenvalue weighted by Crippen LogP contribution is -2.01. The zero-order chi connectivity index (χ0) is 16.1. The summed E-state index contributed by atoms with van der Waals surface area (Å²) < 4.78 is 17.5. The fourth-order valence-corrected chi connectivity index (χ4v) is 2.01. The number of nitrogens with zero attached hydrogens (tertiary/aromatic N) is 2. The normalized spacial score (nSPS) is 10.7. The Labute approximate surface area is 128 Å². The number of hydrogen-bond acceptors (Lipinski definition) is 5. The van der Waals surface area contributed by atoms with Crippen LogP contribution in [0, 0.1) is 0 Å². The van der Waals surface area contributed by atoms with Crippen LogP contribution >= 0.6 is 0 Å². The standard InChI is InChI=1S/C16H18N2O4/c1-18-8-7-17-15(18)6-5-12(19)11-9-13(20-2)16(22-4)14(10-11)21-3/h5-10H,1-4H3/b6-5+. The largest absolute Gasteiger partial charge is 0.493 e. The Balaban J connectivity index is 2.33. The third-order valence-electron chi connectivity index (χ3n) is 3.19. The van der Waals surface area contributed by atoms with Crippen molar-refractivity contribution in [2.75, 3.05) is 21.3 Å². The molecule has 0 amide bonds. The molecule has 0 aliphatic rings. The fourth-order valence-electron chi connectivity index (χ4n) is 2.01. The van der Waals surface area contributed by atoms with E-state index in [2.05, 4.69) is 4.98 Å². The summed E-state index contributed by atoms with van der Waals surface area (Å²) in [4.78, 5) is 16.4. The summed E-state index contributed by atoms with van der Waals surface area (Å²) in [6.07, 6.45) is 6.60. The molecule has 0 radical (unpaired) electrons.